The van der Waals surface area contributed by atoms with E-state index in [2.05, 4.69) is 58.7 Å². The Bertz CT molecular complexity index is 856. The van der Waals surface area contributed by atoms with Gasteiger partial charge in [-0.3, -0.25) is 0 Å². The van der Waals surface area contributed by atoms with Gasteiger partial charge in [0.05, 0.1) is 6.20 Å². The molecule has 0 saturated heterocycles. The lowest BCUT2D eigenvalue weighted by Gasteiger charge is -2.19. The highest BCUT2D eigenvalue weighted by Gasteiger charge is 2.13. The van der Waals surface area contributed by atoms with E-state index in [4.69, 9.17) is 0 Å². The Morgan fingerprint density at radius 1 is 0.920 bits per heavy atom. The molecule has 0 aliphatic carbocycles. The van der Waals surface area contributed by atoms with Crippen LogP contribution in [0.15, 0.2) is 54.7 Å². The summed E-state index contributed by atoms with van der Waals surface area (Å²) >= 11 is 0. The first-order valence-corrected chi connectivity index (χ1v) is 8.00. The predicted molar refractivity (Wildman–Crippen MR) is 97.9 cm³/mol. The van der Waals surface area contributed by atoms with E-state index in [1.54, 1.807) is 12.1 Å². The van der Waals surface area contributed by atoms with Crippen LogP contribution < -0.4 is 10.6 Å². The van der Waals surface area contributed by atoms with E-state index in [1.807, 2.05) is 12.1 Å². The number of aromatic nitrogens is 3. The number of hydrogen-bond donors (Lipinski definition) is 2. The van der Waals surface area contributed by atoms with Crippen LogP contribution in [-0.4, -0.2) is 15.2 Å². The van der Waals surface area contributed by atoms with Crippen molar-refractivity contribution < 1.29 is 4.39 Å². The number of nitrogens with zero attached hydrogens (tertiary/aromatic N) is 3. The molecule has 128 valence electrons. The third-order valence-electron chi connectivity index (χ3n) is 3.66. The highest BCUT2D eigenvalue weighted by Crippen LogP contribution is 2.24. The van der Waals surface area contributed by atoms with Crippen LogP contribution in [0.5, 0.6) is 0 Å². The van der Waals surface area contributed by atoms with Crippen molar-refractivity contribution in [3.8, 4) is 0 Å². The zero-order valence-corrected chi connectivity index (χ0v) is 14.4. The maximum absolute atomic E-state index is 13.2. The van der Waals surface area contributed by atoms with Crippen molar-refractivity contribution in [2.24, 2.45) is 0 Å². The smallest absolute Gasteiger partial charge is 0.249 e. The molecule has 0 radical (unpaired) electrons. The molecule has 0 amide bonds. The first kappa shape index (κ1) is 16.8. The molecule has 0 spiro atoms. The van der Waals surface area contributed by atoms with E-state index in [9.17, 15) is 4.39 Å². The molecule has 0 bridgehead atoms. The second kappa shape index (κ2) is 6.84. The summed E-state index contributed by atoms with van der Waals surface area (Å²) in [5.41, 5.74) is 2.84. The molecule has 0 saturated carbocycles. The lowest BCUT2D eigenvalue weighted by atomic mass is 9.87. The summed E-state index contributed by atoms with van der Waals surface area (Å²) in [5, 5.41) is 14.0. The van der Waals surface area contributed by atoms with Crippen molar-refractivity contribution in [3.05, 3.63) is 66.1 Å². The minimum absolute atomic E-state index is 0.108. The monoisotopic (exact) mass is 337 g/mol. The molecule has 3 rings (SSSR count). The molecule has 1 aromatic heterocycles. The Morgan fingerprint density at radius 3 is 2.36 bits per heavy atom. The molecule has 1 heterocycles. The molecule has 6 heteroatoms. The standard InChI is InChI=1S/C19H20FN5/c1-19(2,3)13-7-9-15(10-8-13)22-17-12-21-25-18(24-17)23-16-6-4-5-14(20)11-16/h4-12H,1-3H3,(H2,22,23,24,25). The first-order chi connectivity index (χ1) is 11.9. The van der Waals surface area contributed by atoms with Gasteiger partial charge in [-0.1, -0.05) is 39.0 Å². The zero-order valence-electron chi connectivity index (χ0n) is 14.4. The molecule has 25 heavy (non-hydrogen) atoms. The van der Waals surface area contributed by atoms with Crippen molar-refractivity contribution in [2.45, 2.75) is 26.2 Å². The fourth-order valence-corrected chi connectivity index (χ4v) is 2.31. The Balaban J connectivity index is 1.73. The quantitative estimate of drug-likeness (QED) is 0.716. The van der Waals surface area contributed by atoms with Crippen molar-refractivity contribution in [2.75, 3.05) is 10.6 Å². The van der Waals surface area contributed by atoms with Gasteiger partial charge in [0.2, 0.25) is 5.95 Å². The molecule has 0 unspecified atom stereocenters. The van der Waals surface area contributed by atoms with Gasteiger partial charge in [0.25, 0.3) is 0 Å². The van der Waals surface area contributed by atoms with Crippen molar-refractivity contribution in [1.82, 2.24) is 15.2 Å². The van der Waals surface area contributed by atoms with Crippen molar-refractivity contribution >= 4 is 23.1 Å². The molecule has 0 aliphatic rings. The van der Waals surface area contributed by atoms with Gasteiger partial charge in [-0.2, -0.15) is 10.1 Å². The topological polar surface area (TPSA) is 62.7 Å². The van der Waals surface area contributed by atoms with Gasteiger partial charge in [-0.15, -0.1) is 5.10 Å². The Morgan fingerprint density at radius 2 is 1.68 bits per heavy atom. The lowest BCUT2D eigenvalue weighted by molar-refractivity contribution is 0.590. The molecule has 0 aliphatic heterocycles. The van der Waals surface area contributed by atoms with Gasteiger partial charge >= 0.3 is 0 Å². The van der Waals surface area contributed by atoms with E-state index < -0.39 is 0 Å². The van der Waals surface area contributed by atoms with Crippen LogP contribution in [0.1, 0.15) is 26.3 Å². The van der Waals surface area contributed by atoms with Gasteiger partial charge in [0.1, 0.15) is 5.82 Å². The Kier molecular flexibility index (Phi) is 4.61. The van der Waals surface area contributed by atoms with Gasteiger partial charge < -0.3 is 10.6 Å². The summed E-state index contributed by atoms with van der Waals surface area (Å²) in [6.07, 6.45) is 1.54. The molecule has 5 nitrogen and oxygen atoms in total. The first-order valence-electron chi connectivity index (χ1n) is 8.00. The zero-order chi connectivity index (χ0) is 17.9. The number of hydrogen-bond acceptors (Lipinski definition) is 5. The van der Waals surface area contributed by atoms with Crippen LogP contribution in [0.3, 0.4) is 0 Å². The molecule has 3 aromatic rings. The maximum atomic E-state index is 13.2. The van der Waals surface area contributed by atoms with E-state index in [-0.39, 0.29) is 11.2 Å². The van der Waals surface area contributed by atoms with Gasteiger partial charge in [-0.25, -0.2) is 4.39 Å². The third-order valence-corrected chi connectivity index (χ3v) is 3.66. The summed E-state index contributed by atoms with van der Waals surface area (Å²) in [4.78, 5) is 4.35. The van der Waals surface area contributed by atoms with Crippen LogP contribution >= 0.6 is 0 Å². The van der Waals surface area contributed by atoms with Crippen molar-refractivity contribution in [3.63, 3.8) is 0 Å². The molecule has 0 fully saturated rings. The summed E-state index contributed by atoms with van der Waals surface area (Å²) in [7, 11) is 0. The SMILES string of the molecule is CC(C)(C)c1ccc(Nc2cnnc(Nc3cccc(F)c3)n2)cc1. The van der Waals surface area contributed by atoms with Gasteiger partial charge in [-0.05, 0) is 41.3 Å². The van der Waals surface area contributed by atoms with E-state index in [1.165, 1.54) is 23.9 Å². The van der Waals surface area contributed by atoms with E-state index in [0.717, 1.165) is 5.69 Å². The molecule has 2 N–H and O–H groups in total. The average molecular weight is 337 g/mol. The largest absolute Gasteiger partial charge is 0.339 e. The summed E-state index contributed by atoms with van der Waals surface area (Å²) < 4.78 is 13.2. The molecular weight excluding hydrogens is 317 g/mol. The number of benzene rings is 2. The van der Waals surface area contributed by atoms with Gasteiger partial charge in [0, 0.05) is 11.4 Å². The van der Waals surface area contributed by atoms with Crippen molar-refractivity contribution in [1.29, 1.82) is 0 Å². The van der Waals surface area contributed by atoms with Crippen LogP contribution in [-0.2, 0) is 5.41 Å². The fourth-order valence-electron chi connectivity index (χ4n) is 2.31. The van der Waals surface area contributed by atoms with Crippen LogP contribution in [0, 0.1) is 5.82 Å². The summed E-state index contributed by atoms with van der Waals surface area (Å²) in [6, 6.07) is 14.3. The third kappa shape index (κ3) is 4.50. The highest BCUT2D eigenvalue weighted by atomic mass is 19.1. The number of halogens is 1. The minimum Gasteiger partial charge on any atom is -0.339 e. The molecular formula is C19H20FN5. The number of nitrogens with one attached hydrogen (secondary N) is 2. The van der Waals surface area contributed by atoms with Crippen LogP contribution in [0.2, 0.25) is 0 Å². The van der Waals surface area contributed by atoms with Crippen LogP contribution in [0.25, 0.3) is 0 Å². The second-order valence-electron chi connectivity index (χ2n) is 6.75. The molecule has 2 aromatic carbocycles. The second-order valence-corrected chi connectivity index (χ2v) is 6.75. The van der Waals surface area contributed by atoms with Crippen LogP contribution in [0.4, 0.5) is 27.5 Å². The Labute approximate surface area is 146 Å². The summed E-state index contributed by atoms with van der Waals surface area (Å²) in [6.45, 7) is 6.52. The average Bonchev–Trinajstić information content (AvgIpc) is 2.55. The summed E-state index contributed by atoms with van der Waals surface area (Å²) in [5.74, 6) is 0.519. The predicted octanol–water partition coefficient (Wildman–Crippen LogP) is 4.80. The highest BCUT2D eigenvalue weighted by molar-refractivity contribution is 5.59. The minimum atomic E-state index is -0.328. The van der Waals surface area contributed by atoms with Gasteiger partial charge in [0.15, 0.2) is 5.82 Å². The number of rotatable bonds is 4. The fraction of sp³-hybridized carbons (Fsp3) is 0.211. The number of anilines is 4. The Hall–Kier alpha value is -3.02. The van der Waals surface area contributed by atoms with E-state index >= 15 is 0 Å². The van der Waals surface area contributed by atoms with E-state index in [0.29, 0.717) is 17.5 Å². The lowest BCUT2D eigenvalue weighted by Crippen LogP contribution is -2.10. The normalized spacial score (nSPS) is 11.2. The molecule has 0 atom stereocenters. The maximum Gasteiger partial charge on any atom is 0.249 e.